The number of hydrogen-bond donors (Lipinski definition) is 0. The predicted octanol–water partition coefficient (Wildman–Crippen LogP) is 15.0. The van der Waals surface area contributed by atoms with Crippen LogP contribution in [-0.2, 0) is 0 Å². The van der Waals surface area contributed by atoms with Gasteiger partial charge in [0.05, 0.1) is 22.4 Å². The first-order valence-corrected chi connectivity index (χ1v) is 19.3. The summed E-state index contributed by atoms with van der Waals surface area (Å²) in [6.07, 6.45) is 0. The zero-order chi connectivity index (χ0) is 37.0. The second-order valence-electron chi connectivity index (χ2n) is 14.6. The van der Waals surface area contributed by atoms with Crippen LogP contribution in [0.2, 0.25) is 0 Å². The van der Waals surface area contributed by atoms with Crippen LogP contribution in [-0.4, -0.2) is 4.57 Å². The molecule has 1 heterocycles. The molecule has 0 saturated heterocycles. The summed E-state index contributed by atoms with van der Waals surface area (Å²) in [7, 11) is 0. The van der Waals surface area contributed by atoms with Crippen molar-refractivity contribution in [3.63, 3.8) is 0 Å². The average molecular weight is 713 g/mol. The minimum atomic E-state index is 1.10. The van der Waals surface area contributed by atoms with Gasteiger partial charge in [-0.2, -0.15) is 0 Å². The van der Waals surface area contributed by atoms with Crippen LogP contribution in [0.3, 0.4) is 0 Å². The molecule has 10 aromatic carbocycles. The molecule has 0 unspecified atom stereocenters. The molecule has 0 N–H and O–H groups in total. The maximum atomic E-state index is 2.47. The molecule has 0 aliphatic rings. The molecule has 0 radical (unpaired) electrons. The van der Waals surface area contributed by atoms with Gasteiger partial charge in [-0.15, -0.1) is 0 Å². The lowest BCUT2D eigenvalue weighted by Gasteiger charge is -2.28. The van der Waals surface area contributed by atoms with Crippen LogP contribution >= 0.6 is 0 Å². The molecule has 262 valence electrons. The van der Waals surface area contributed by atoms with Crippen LogP contribution in [0.1, 0.15) is 0 Å². The van der Waals surface area contributed by atoms with Crippen LogP contribution in [0, 0.1) is 0 Å². The van der Waals surface area contributed by atoms with Gasteiger partial charge in [0.1, 0.15) is 0 Å². The lowest BCUT2D eigenvalue weighted by molar-refractivity contribution is 1.18. The Morgan fingerprint density at radius 1 is 0.304 bits per heavy atom. The smallest absolute Gasteiger partial charge is 0.0562 e. The molecule has 11 rings (SSSR count). The van der Waals surface area contributed by atoms with Gasteiger partial charge in [-0.05, 0) is 116 Å². The Bertz CT molecular complexity index is 3260. The Morgan fingerprint density at radius 3 is 1.62 bits per heavy atom. The third-order valence-corrected chi connectivity index (χ3v) is 11.3. The van der Waals surface area contributed by atoms with Crippen molar-refractivity contribution >= 4 is 71.2 Å². The average Bonchev–Trinajstić information content (AvgIpc) is 3.61. The van der Waals surface area contributed by atoms with E-state index in [2.05, 4.69) is 228 Å². The molecule has 0 amide bonds. The van der Waals surface area contributed by atoms with Crippen LogP contribution < -0.4 is 4.90 Å². The highest BCUT2D eigenvalue weighted by Gasteiger charge is 2.22. The molecule has 0 aliphatic heterocycles. The molecule has 0 fully saturated rings. The van der Waals surface area contributed by atoms with Gasteiger partial charge < -0.3 is 9.47 Å². The number of rotatable bonds is 6. The molecular weight excluding hydrogens is 677 g/mol. The Balaban J connectivity index is 1.10. The van der Waals surface area contributed by atoms with E-state index in [1.54, 1.807) is 0 Å². The van der Waals surface area contributed by atoms with Crippen molar-refractivity contribution in [2.75, 3.05) is 4.90 Å². The van der Waals surface area contributed by atoms with Gasteiger partial charge in [-0.3, -0.25) is 0 Å². The van der Waals surface area contributed by atoms with Gasteiger partial charge in [0.15, 0.2) is 0 Å². The van der Waals surface area contributed by atoms with Crippen molar-refractivity contribution in [2.45, 2.75) is 0 Å². The van der Waals surface area contributed by atoms with Crippen LogP contribution in [0.5, 0.6) is 0 Å². The summed E-state index contributed by atoms with van der Waals surface area (Å²) >= 11 is 0. The third kappa shape index (κ3) is 5.34. The Labute approximate surface area is 325 Å². The fourth-order valence-corrected chi connectivity index (χ4v) is 8.65. The number of hydrogen-bond acceptors (Lipinski definition) is 1. The third-order valence-electron chi connectivity index (χ3n) is 11.3. The molecule has 0 saturated carbocycles. The lowest BCUT2D eigenvalue weighted by atomic mass is 9.96. The Hall–Kier alpha value is -7.42. The van der Waals surface area contributed by atoms with E-state index in [0.717, 1.165) is 22.7 Å². The summed E-state index contributed by atoms with van der Waals surface area (Å²) in [5.41, 5.74) is 11.7. The van der Waals surface area contributed by atoms with Gasteiger partial charge in [0.2, 0.25) is 0 Å². The molecule has 11 aromatic rings. The van der Waals surface area contributed by atoms with E-state index in [-0.39, 0.29) is 0 Å². The highest BCUT2D eigenvalue weighted by Crippen LogP contribution is 2.46. The normalized spacial score (nSPS) is 11.6. The molecule has 2 heteroatoms. The van der Waals surface area contributed by atoms with E-state index in [0.29, 0.717) is 0 Å². The molecule has 0 spiro atoms. The van der Waals surface area contributed by atoms with Crippen LogP contribution in [0.25, 0.3) is 82.1 Å². The van der Waals surface area contributed by atoms with Gasteiger partial charge in [0, 0.05) is 27.5 Å². The minimum absolute atomic E-state index is 1.10. The molecule has 1 aromatic heterocycles. The first-order valence-electron chi connectivity index (χ1n) is 19.3. The molecule has 2 nitrogen and oxygen atoms in total. The summed E-state index contributed by atoms with van der Waals surface area (Å²) in [5, 5.41) is 9.83. The highest BCUT2D eigenvalue weighted by atomic mass is 15.1. The number of fused-ring (bicyclic) bond motifs is 6. The maximum absolute atomic E-state index is 2.47. The Morgan fingerprint density at radius 2 is 0.839 bits per heavy atom. The fourth-order valence-electron chi connectivity index (χ4n) is 8.65. The summed E-state index contributed by atoms with van der Waals surface area (Å²) in [5.74, 6) is 0. The molecular formula is C54H36N2. The van der Waals surface area contributed by atoms with E-state index < -0.39 is 0 Å². The number of aromatic nitrogens is 1. The second kappa shape index (κ2) is 13.2. The van der Waals surface area contributed by atoms with Gasteiger partial charge >= 0.3 is 0 Å². The minimum Gasteiger partial charge on any atom is -0.309 e. The van der Waals surface area contributed by atoms with E-state index >= 15 is 0 Å². The predicted molar refractivity (Wildman–Crippen MR) is 239 cm³/mol. The van der Waals surface area contributed by atoms with Gasteiger partial charge in [-0.1, -0.05) is 152 Å². The van der Waals surface area contributed by atoms with Crippen molar-refractivity contribution in [2.24, 2.45) is 0 Å². The van der Waals surface area contributed by atoms with Gasteiger partial charge in [-0.25, -0.2) is 0 Å². The monoisotopic (exact) mass is 712 g/mol. The van der Waals surface area contributed by atoms with E-state index in [1.807, 2.05) is 0 Å². The van der Waals surface area contributed by atoms with E-state index in [9.17, 15) is 0 Å². The molecule has 0 bridgehead atoms. The fraction of sp³-hybridized carbons (Fsp3) is 0. The molecule has 0 aliphatic carbocycles. The maximum Gasteiger partial charge on any atom is 0.0562 e. The first kappa shape index (κ1) is 32.0. The van der Waals surface area contributed by atoms with Crippen molar-refractivity contribution in [1.82, 2.24) is 4.57 Å². The van der Waals surface area contributed by atoms with Crippen molar-refractivity contribution in [3.05, 3.63) is 218 Å². The zero-order valence-corrected chi connectivity index (χ0v) is 30.7. The topological polar surface area (TPSA) is 8.17 Å². The number of benzene rings is 10. The van der Waals surface area contributed by atoms with Crippen LogP contribution in [0.4, 0.5) is 17.1 Å². The number of para-hydroxylation sites is 2. The summed E-state index contributed by atoms with van der Waals surface area (Å²) in [4.78, 5) is 2.47. The molecule has 0 atom stereocenters. The number of anilines is 3. The second-order valence-corrected chi connectivity index (χ2v) is 14.6. The van der Waals surface area contributed by atoms with Crippen LogP contribution in [0.15, 0.2) is 218 Å². The zero-order valence-electron chi connectivity index (χ0n) is 30.7. The highest BCUT2D eigenvalue weighted by molar-refractivity contribution is 6.17. The lowest BCUT2D eigenvalue weighted by Crippen LogP contribution is -2.11. The van der Waals surface area contributed by atoms with Gasteiger partial charge in [0.25, 0.3) is 0 Å². The SMILES string of the molecule is c1ccc(-n2c3ccccc3c3c(N(c4cccc(-c5ccc6ccc(-c7ccc8ccccc8c7)cc6c5)c4)c4cccc5ccccc45)cccc32)cc1. The number of nitrogens with zero attached hydrogens (tertiary/aromatic N) is 2. The van der Waals surface area contributed by atoms with Crippen molar-refractivity contribution < 1.29 is 0 Å². The standard InChI is InChI=1S/C54H36N2/c1-2-18-46(19-3-1)55-51-23-9-8-22-49(51)54-52(55)25-12-26-53(54)56(50-24-11-16-39-14-6-7-21-48(39)50)47-20-10-17-41(36-47)43-31-28-38-29-32-44(35-45(38)34-43)42-30-27-37-13-4-5-15-40(37)33-42/h1-36H. The van der Waals surface area contributed by atoms with E-state index in [1.165, 1.54) is 76.4 Å². The summed E-state index contributed by atoms with van der Waals surface area (Å²) in [6.45, 7) is 0. The Kier molecular flexibility index (Phi) is 7.53. The quantitative estimate of drug-likeness (QED) is 0.167. The summed E-state index contributed by atoms with van der Waals surface area (Å²) < 4.78 is 2.40. The molecule has 56 heavy (non-hydrogen) atoms. The van der Waals surface area contributed by atoms with Crippen molar-refractivity contribution in [1.29, 1.82) is 0 Å². The largest absolute Gasteiger partial charge is 0.309 e. The van der Waals surface area contributed by atoms with Crippen molar-refractivity contribution in [3.8, 4) is 27.9 Å². The first-order chi connectivity index (χ1) is 27.8. The summed E-state index contributed by atoms with van der Waals surface area (Å²) in [6, 6.07) is 79.6. The van der Waals surface area contributed by atoms with E-state index in [4.69, 9.17) is 0 Å².